The van der Waals surface area contributed by atoms with Crippen LogP contribution < -0.4 is 10.6 Å². The topological polar surface area (TPSA) is 39.7 Å². The van der Waals surface area contributed by atoms with E-state index in [0.29, 0.717) is 5.69 Å². The molecule has 2 aromatic carbocycles. The quantitative estimate of drug-likeness (QED) is 0.485. The zero-order valence-corrected chi connectivity index (χ0v) is 19.6. The Morgan fingerprint density at radius 3 is 2.94 bits per heavy atom. The fourth-order valence-corrected chi connectivity index (χ4v) is 6.26. The summed E-state index contributed by atoms with van der Waals surface area (Å²) in [5.74, 6) is 0.496. The number of allylic oxidation sites excluding steroid dienone is 1. The largest absolute Gasteiger partial charge is 0.353 e. The van der Waals surface area contributed by atoms with Gasteiger partial charge in [-0.15, -0.1) is 11.3 Å². The van der Waals surface area contributed by atoms with Gasteiger partial charge in [0.15, 0.2) is 0 Å². The molecule has 3 heterocycles. The van der Waals surface area contributed by atoms with Crippen LogP contribution in [0.3, 0.4) is 0 Å². The van der Waals surface area contributed by atoms with E-state index in [9.17, 15) is 8.78 Å². The van der Waals surface area contributed by atoms with E-state index in [4.69, 9.17) is 4.99 Å². The van der Waals surface area contributed by atoms with Gasteiger partial charge < -0.3 is 15.5 Å². The van der Waals surface area contributed by atoms with Crippen molar-refractivity contribution in [2.45, 2.75) is 31.7 Å². The summed E-state index contributed by atoms with van der Waals surface area (Å²) in [5.41, 5.74) is 4.84. The molecule has 0 unspecified atom stereocenters. The van der Waals surface area contributed by atoms with Crippen molar-refractivity contribution in [3.05, 3.63) is 81.7 Å². The minimum atomic E-state index is -0.271. The third-order valence-electron chi connectivity index (χ3n) is 6.73. The van der Waals surface area contributed by atoms with Crippen LogP contribution in [0.5, 0.6) is 0 Å². The second-order valence-electron chi connectivity index (χ2n) is 9.07. The van der Waals surface area contributed by atoms with E-state index in [2.05, 4.69) is 27.7 Å². The summed E-state index contributed by atoms with van der Waals surface area (Å²) in [6.07, 6.45) is 8.24. The molecule has 0 radical (unpaired) electrons. The van der Waals surface area contributed by atoms with Crippen LogP contribution in [0.1, 0.15) is 34.4 Å². The van der Waals surface area contributed by atoms with Crippen molar-refractivity contribution < 1.29 is 8.78 Å². The number of nitrogens with zero attached hydrogens (tertiary/aromatic N) is 2. The molecule has 6 rings (SSSR count). The third kappa shape index (κ3) is 4.14. The Balaban J connectivity index is 1.33. The van der Waals surface area contributed by atoms with E-state index >= 15 is 0 Å². The molecular weight excluding hydrogens is 450 g/mol. The van der Waals surface area contributed by atoms with Crippen molar-refractivity contribution in [3.8, 4) is 0 Å². The molecule has 34 heavy (non-hydrogen) atoms. The fraction of sp³-hybridized carbons (Fsp3) is 0.296. The molecule has 0 amide bonds. The molecule has 0 bridgehead atoms. The molecule has 0 spiro atoms. The van der Waals surface area contributed by atoms with Crippen LogP contribution in [-0.2, 0) is 12.8 Å². The number of thiophene rings is 1. The van der Waals surface area contributed by atoms with Gasteiger partial charge in [0, 0.05) is 36.1 Å². The van der Waals surface area contributed by atoms with Crippen molar-refractivity contribution in [1.29, 1.82) is 0 Å². The Morgan fingerprint density at radius 1 is 1.12 bits per heavy atom. The number of hydrogen-bond acceptors (Lipinski definition) is 5. The number of anilines is 2. The summed E-state index contributed by atoms with van der Waals surface area (Å²) in [6.45, 7) is 2.52. The average Bonchev–Trinajstić information content (AvgIpc) is 3.12. The number of nitrogens with one attached hydrogen (secondary N) is 2. The minimum absolute atomic E-state index is 0.186. The van der Waals surface area contributed by atoms with E-state index < -0.39 is 0 Å². The molecule has 7 heteroatoms. The summed E-state index contributed by atoms with van der Waals surface area (Å²) in [5, 5.41) is 8.15. The second kappa shape index (κ2) is 8.96. The van der Waals surface area contributed by atoms with Crippen LogP contribution in [0.25, 0.3) is 6.08 Å². The standard InChI is InChI=1S/C27H26F2N4S/c28-18-5-3-4-17(14-18)8-10-20-16-33(13-12-30-20)26-25-21-6-1-2-7-24(21)34-27(25)32-23-15-19(29)9-11-22(23)31-26/h1,3-6,9,11,14-15,20,30,32H,2,7-8,10,12-13,16H2/t20-/m0/s1. The van der Waals surface area contributed by atoms with E-state index in [1.54, 1.807) is 29.5 Å². The Bertz CT molecular complexity index is 1300. The maximum atomic E-state index is 14.0. The van der Waals surface area contributed by atoms with E-state index in [-0.39, 0.29) is 17.7 Å². The number of halogens is 2. The maximum absolute atomic E-state index is 14.0. The Morgan fingerprint density at radius 2 is 2.03 bits per heavy atom. The van der Waals surface area contributed by atoms with E-state index in [1.165, 1.54) is 28.6 Å². The van der Waals surface area contributed by atoms with Gasteiger partial charge >= 0.3 is 0 Å². The number of fused-ring (bicyclic) bond motifs is 4. The summed E-state index contributed by atoms with van der Waals surface area (Å²) < 4.78 is 27.6. The first-order valence-corrected chi connectivity index (χ1v) is 12.7. The number of benzene rings is 2. The zero-order valence-electron chi connectivity index (χ0n) is 18.8. The van der Waals surface area contributed by atoms with Gasteiger partial charge in [-0.3, -0.25) is 0 Å². The number of aliphatic imine (C=N–C) groups is 1. The molecule has 4 nitrogen and oxygen atoms in total. The van der Waals surface area contributed by atoms with Gasteiger partial charge in [0.05, 0.1) is 16.9 Å². The van der Waals surface area contributed by atoms with Crippen LogP contribution in [0.15, 0.2) is 53.5 Å². The first-order chi connectivity index (χ1) is 16.6. The summed E-state index contributed by atoms with van der Waals surface area (Å²) >= 11 is 1.75. The molecule has 1 saturated heterocycles. The van der Waals surface area contributed by atoms with Crippen LogP contribution in [0.4, 0.5) is 25.2 Å². The van der Waals surface area contributed by atoms with Crippen molar-refractivity contribution in [2.24, 2.45) is 4.99 Å². The molecule has 1 atom stereocenters. The number of rotatable bonds is 3. The molecule has 3 aromatic rings. The van der Waals surface area contributed by atoms with Crippen LogP contribution in [0, 0.1) is 11.6 Å². The lowest BCUT2D eigenvalue weighted by molar-refractivity contribution is 0.282. The predicted octanol–water partition coefficient (Wildman–Crippen LogP) is 6.03. The van der Waals surface area contributed by atoms with Crippen LogP contribution >= 0.6 is 11.3 Å². The molecule has 3 aliphatic rings. The van der Waals surface area contributed by atoms with Crippen LogP contribution in [0.2, 0.25) is 0 Å². The molecule has 2 N–H and O–H groups in total. The first kappa shape index (κ1) is 21.5. The Kier molecular flexibility index (Phi) is 5.67. The number of piperazine rings is 1. The molecule has 2 aliphatic heterocycles. The highest BCUT2D eigenvalue weighted by molar-refractivity contribution is 7.17. The zero-order chi connectivity index (χ0) is 23.1. The average molecular weight is 477 g/mol. The molecule has 1 aromatic heterocycles. The molecule has 0 saturated carbocycles. The molecular formula is C27H26F2N4S. The smallest absolute Gasteiger partial charge is 0.140 e. The summed E-state index contributed by atoms with van der Waals surface area (Å²) in [6, 6.07) is 11.9. The second-order valence-corrected chi connectivity index (χ2v) is 10.2. The van der Waals surface area contributed by atoms with Gasteiger partial charge in [-0.1, -0.05) is 24.3 Å². The highest BCUT2D eigenvalue weighted by Gasteiger charge is 2.31. The Labute approximate surface area is 202 Å². The van der Waals surface area contributed by atoms with Gasteiger partial charge in [-0.05, 0) is 61.6 Å². The number of amidine groups is 1. The summed E-state index contributed by atoms with van der Waals surface area (Å²) in [7, 11) is 0. The van der Waals surface area contributed by atoms with E-state index in [1.807, 2.05) is 6.07 Å². The monoisotopic (exact) mass is 476 g/mol. The first-order valence-electron chi connectivity index (χ1n) is 11.8. The van der Waals surface area contributed by atoms with Gasteiger partial charge in [-0.2, -0.15) is 0 Å². The maximum Gasteiger partial charge on any atom is 0.140 e. The van der Waals surface area contributed by atoms with Crippen molar-refractivity contribution in [3.63, 3.8) is 0 Å². The number of hydrogen-bond donors (Lipinski definition) is 2. The third-order valence-corrected chi connectivity index (χ3v) is 7.91. The highest BCUT2D eigenvalue weighted by Crippen LogP contribution is 2.44. The number of aryl methyl sites for hydroxylation is 2. The fourth-order valence-electron chi connectivity index (χ4n) is 5.05. The van der Waals surface area contributed by atoms with Gasteiger partial charge in [-0.25, -0.2) is 13.8 Å². The van der Waals surface area contributed by atoms with Crippen molar-refractivity contribution >= 4 is 39.6 Å². The SMILES string of the molecule is Fc1cccc(CC[C@H]2CN(C3=Nc4ccc(F)cc4Nc4sc5c(c43)C=CCC5)CCN2)c1. The Hall–Kier alpha value is -3.03. The molecule has 1 fully saturated rings. The van der Waals surface area contributed by atoms with Crippen molar-refractivity contribution in [1.82, 2.24) is 10.2 Å². The minimum Gasteiger partial charge on any atom is -0.353 e. The summed E-state index contributed by atoms with van der Waals surface area (Å²) in [4.78, 5) is 8.81. The predicted molar refractivity (Wildman–Crippen MR) is 136 cm³/mol. The lowest BCUT2D eigenvalue weighted by Gasteiger charge is -2.36. The highest BCUT2D eigenvalue weighted by atomic mass is 32.1. The van der Waals surface area contributed by atoms with E-state index in [0.717, 1.165) is 73.0 Å². The molecule has 174 valence electrons. The van der Waals surface area contributed by atoms with Gasteiger partial charge in [0.1, 0.15) is 22.5 Å². The lowest BCUT2D eigenvalue weighted by atomic mass is 9.99. The van der Waals surface area contributed by atoms with Crippen LogP contribution in [-0.4, -0.2) is 36.4 Å². The van der Waals surface area contributed by atoms with Gasteiger partial charge in [0.25, 0.3) is 0 Å². The van der Waals surface area contributed by atoms with Gasteiger partial charge in [0.2, 0.25) is 0 Å². The lowest BCUT2D eigenvalue weighted by Crippen LogP contribution is -2.53. The molecule has 1 aliphatic carbocycles. The van der Waals surface area contributed by atoms with Crippen molar-refractivity contribution in [2.75, 3.05) is 25.0 Å². The normalized spacial score (nSPS) is 18.9.